The zero-order valence-electron chi connectivity index (χ0n) is 11.8. The van der Waals surface area contributed by atoms with Crippen molar-refractivity contribution in [1.82, 2.24) is 10.6 Å². The van der Waals surface area contributed by atoms with Crippen molar-refractivity contribution in [2.24, 2.45) is 5.41 Å². The molecule has 20 heavy (non-hydrogen) atoms. The summed E-state index contributed by atoms with van der Waals surface area (Å²) in [6, 6.07) is -0.728. The third-order valence-corrected chi connectivity index (χ3v) is 3.46. The minimum atomic E-state index is -1.25. The fourth-order valence-corrected chi connectivity index (χ4v) is 2.11. The first-order chi connectivity index (χ1) is 9.27. The average molecular weight is 284 g/mol. The van der Waals surface area contributed by atoms with Crippen LogP contribution in [0, 0.1) is 5.41 Å². The lowest BCUT2D eigenvalue weighted by Crippen LogP contribution is -2.63. The molecule has 0 bridgehead atoms. The van der Waals surface area contributed by atoms with Gasteiger partial charge in [0, 0.05) is 30.2 Å². The summed E-state index contributed by atoms with van der Waals surface area (Å²) in [5.74, 6) is -2.02. The fourth-order valence-electron chi connectivity index (χ4n) is 2.11. The normalized spacial score (nSPS) is 23.9. The van der Waals surface area contributed by atoms with Crippen LogP contribution in [0.2, 0.25) is 0 Å². The van der Waals surface area contributed by atoms with Crippen molar-refractivity contribution in [2.45, 2.75) is 39.3 Å². The Kier molecular flexibility index (Phi) is 5.26. The minimum absolute atomic E-state index is 0.0837. The maximum absolute atomic E-state index is 11.6. The largest absolute Gasteiger partial charge is 0.478 e. The SMILES string of the molecule is CCOC1CC(NC(=O)NC(=O)/C=C/C(=O)O)C1(C)C. The minimum Gasteiger partial charge on any atom is -0.478 e. The van der Waals surface area contributed by atoms with Crippen molar-refractivity contribution >= 4 is 17.9 Å². The number of amides is 3. The molecule has 2 unspecified atom stereocenters. The van der Waals surface area contributed by atoms with Crippen LogP contribution in [0.25, 0.3) is 0 Å². The van der Waals surface area contributed by atoms with E-state index in [2.05, 4.69) is 5.32 Å². The number of carbonyl (C=O) groups excluding carboxylic acids is 2. The van der Waals surface area contributed by atoms with Gasteiger partial charge in [0.2, 0.25) is 0 Å². The summed E-state index contributed by atoms with van der Waals surface area (Å²) in [7, 11) is 0. The number of rotatable bonds is 5. The van der Waals surface area contributed by atoms with Gasteiger partial charge in [0.05, 0.1) is 6.10 Å². The third kappa shape index (κ3) is 4.06. The summed E-state index contributed by atoms with van der Waals surface area (Å²) in [4.78, 5) is 33.0. The molecule has 0 spiro atoms. The summed E-state index contributed by atoms with van der Waals surface area (Å²) in [6.07, 6.45) is 2.23. The molecule has 3 amide bonds. The second kappa shape index (κ2) is 6.51. The molecule has 0 aromatic rings. The summed E-state index contributed by atoms with van der Waals surface area (Å²) in [5, 5.41) is 13.1. The Morgan fingerprint density at radius 2 is 2.00 bits per heavy atom. The van der Waals surface area contributed by atoms with E-state index in [9.17, 15) is 14.4 Å². The van der Waals surface area contributed by atoms with Gasteiger partial charge in [-0.2, -0.15) is 0 Å². The molecule has 1 rings (SSSR count). The van der Waals surface area contributed by atoms with Gasteiger partial charge in [0.25, 0.3) is 5.91 Å². The first-order valence-electron chi connectivity index (χ1n) is 6.41. The van der Waals surface area contributed by atoms with E-state index < -0.39 is 17.9 Å². The molecule has 0 heterocycles. The maximum Gasteiger partial charge on any atom is 0.328 e. The van der Waals surface area contributed by atoms with Crippen molar-refractivity contribution in [1.29, 1.82) is 0 Å². The van der Waals surface area contributed by atoms with Crippen LogP contribution < -0.4 is 10.6 Å². The fraction of sp³-hybridized carbons (Fsp3) is 0.615. The number of carbonyl (C=O) groups is 3. The molecule has 1 saturated carbocycles. The molecule has 0 radical (unpaired) electrons. The molecule has 1 fully saturated rings. The van der Waals surface area contributed by atoms with E-state index >= 15 is 0 Å². The highest BCUT2D eigenvalue weighted by atomic mass is 16.5. The van der Waals surface area contributed by atoms with Crippen molar-refractivity contribution in [2.75, 3.05) is 6.61 Å². The molecule has 2 atom stereocenters. The number of urea groups is 1. The molecule has 0 aromatic carbocycles. The first kappa shape index (κ1) is 16.2. The second-order valence-corrected chi connectivity index (χ2v) is 5.19. The zero-order chi connectivity index (χ0) is 15.3. The first-order valence-corrected chi connectivity index (χ1v) is 6.41. The highest BCUT2D eigenvalue weighted by molar-refractivity contribution is 6.02. The van der Waals surface area contributed by atoms with Crippen LogP contribution in [-0.2, 0) is 14.3 Å². The van der Waals surface area contributed by atoms with Crippen molar-refractivity contribution in [3.8, 4) is 0 Å². The summed E-state index contributed by atoms with van der Waals surface area (Å²) >= 11 is 0. The lowest BCUT2D eigenvalue weighted by molar-refractivity contribution is -0.131. The van der Waals surface area contributed by atoms with Gasteiger partial charge < -0.3 is 15.2 Å². The van der Waals surface area contributed by atoms with Crippen LogP contribution in [0.15, 0.2) is 12.2 Å². The Balaban J connectivity index is 2.41. The standard InChI is InChI=1S/C13H20N2O5/c1-4-20-9-7-8(13(9,2)3)14-12(19)15-10(16)5-6-11(17)18/h5-6,8-9H,4,7H2,1-3H3,(H,17,18)(H2,14,15,16,19)/b6-5+. The van der Waals surface area contributed by atoms with Gasteiger partial charge in [0.15, 0.2) is 0 Å². The Labute approximate surface area is 117 Å². The lowest BCUT2D eigenvalue weighted by Gasteiger charge is -2.51. The van der Waals surface area contributed by atoms with E-state index in [4.69, 9.17) is 9.84 Å². The number of ether oxygens (including phenoxy) is 1. The highest BCUT2D eigenvalue weighted by Gasteiger charge is 2.49. The van der Waals surface area contributed by atoms with Crippen LogP contribution in [0.3, 0.4) is 0 Å². The molecule has 7 heteroatoms. The van der Waals surface area contributed by atoms with Crippen LogP contribution in [0.4, 0.5) is 4.79 Å². The average Bonchev–Trinajstić information content (AvgIpc) is 2.35. The molecule has 0 saturated heterocycles. The van der Waals surface area contributed by atoms with Gasteiger partial charge in [-0.1, -0.05) is 13.8 Å². The van der Waals surface area contributed by atoms with Gasteiger partial charge in [-0.15, -0.1) is 0 Å². The van der Waals surface area contributed by atoms with Crippen LogP contribution >= 0.6 is 0 Å². The number of hydrogen-bond donors (Lipinski definition) is 3. The van der Waals surface area contributed by atoms with Gasteiger partial charge in [-0.25, -0.2) is 9.59 Å². The monoisotopic (exact) mass is 284 g/mol. The van der Waals surface area contributed by atoms with Gasteiger partial charge in [-0.05, 0) is 13.3 Å². The summed E-state index contributed by atoms with van der Waals surface area (Å²) < 4.78 is 5.54. The van der Waals surface area contributed by atoms with Crippen molar-refractivity contribution in [3.63, 3.8) is 0 Å². The number of carboxylic acids is 1. The molecule has 0 aliphatic heterocycles. The molecule has 112 valence electrons. The number of hydrogen-bond acceptors (Lipinski definition) is 4. The summed E-state index contributed by atoms with van der Waals surface area (Å²) in [6.45, 7) is 6.49. The predicted octanol–water partition coefficient (Wildman–Crippen LogP) is 0.657. The lowest BCUT2D eigenvalue weighted by atomic mass is 9.64. The van der Waals surface area contributed by atoms with Crippen LogP contribution in [0.1, 0.15) is 27.2 Å². The Morgan fingerprint density at radius 3 is 2.50 bits per heavy atom. The van der Waals surface area contributed by atoms with Crippen molar-refractivity contribution in [3.05, 3.63) is 12.2 Å². The molecular weight excluding hydrogens is 264 g/mol. The molecule has 1 aliphatic carbocycles. The number of aliphatic carboxylic acids is 1. The molecule has 7 nitrogen and oxygen atoms in total. The van der Waals surface area contributed by atoms with E-state index in [0.717, 1.165) is 6.08 Å². The Bertz CT molecular complexity index is 430. The zero-order valence-corrected chi connectivity index (χ0v) is 11.8. The topological polar surface area (TPSA) is 105 Å². The van der Waals surface area contributed by atoms with Crippen LogP contribution in [-0.4, -0.2) is 41.8 Å². The Morgan fingerprint density at radius 1 is 1.35 bits per heavy atom. The van der Waals surface area contributed by atoms with Crippen LogP contribution in [0.5, 0.6) is 0 Å². The van der Waals surface area contributed by atoms with E-state index in [0.29, 0.717) is 19.1 Å². The van der Waals surface area contributed by atoms with E-state index in [-0.39, 0.29) is 17.6 Å². The van der Waals surface area contributed by atoms with Crippen molar-refractivity contribution < 1.29 is 24.2 Å². The Hall–Kier alpha value is -1.89. The maximum atomic E-state index is 11.6. The van der Waals surface area contributed by atoms with E-state index in [1.165, 1.54) is 0 Å². The third-order valence-electron chi connectivity index (χ3n) is 3.46. The summed E-state index contributed by atoms with van der Waals surface area (Å²) in [5.41, 5.74) is -0.201. The highest BCUT2D eigenvalue weighted by Crippen LogP contribution is 2.42. The molecular formula is C13H20N2O5. The smallest absolute Gasteiger partial charge is 0.328 e. The number of imide groups is 1. The number of nitrogens with one attached hydrogen (secondary N) is 2. The quantitative estimate of drug-likeness (QED) is 0.643. The van der Waals surface area contributed by atoms with Gasteiger partial charge in [0.1, 0.15) is 0 Å². The molecule has 3 N–H and O–H groups in total. The van der Waals surface area contributed by atoms with E-state index in [1.54, 1.807) is 0 Å². The second-order valence-electron chi connectivity index (χ2n) is 5.19. The molecule has 0 aromatic heterocycles. The number of carboxylic acid groups (broad SMARTS) is 1. The molecule has 1 aliphatic rings. The van der Waals surface area contributed by atoms with Gasteiger partial charge in [-0.3, -0.25) is 10.1 Å². The van der Waals surface area contributed by atoms with E-state index in [1.807, 2.05) is 26.1 Å². The van der Waals surface area contributed by atoms with Gasteiger partial charge >= 0.3 is 12.0 Å². The predicted molar refractivity (Wildman–Crippen MR) is 71.1 cm³/mol.